The van der Waals surface area contributed by atoms with E-state index in [1.807, 2.05) is 13.0 Å². The Morgan fingerprint density at radius 3 is 2.91 bits per heavy atom. The molecule has 0 radical (unpaired) electrons. The van der Waals surface area contributed by atoms with Crippen LogP contribution in [0, 0.1) is 6.92 Å². The van der Waals surface area contributed by atoms with Crippen molar-refractivity contribution in [1.82, 2.24) is 10.2 Å². The number of benzene rings is 1. The lowest BCUT2D eigenvalue weighted by Crippen LogP contribution is -2.00. The van der Waals surface area contributed by atoms with E-state index in [4.69, 9.17) is 16.0 Å². The third kappa shape index (κ3) is 3.11. The molecule has 0 spiro atoms. The molecule has 3 aromatic rings. The van der Waals surface area contributed by atoms with E-state index in [-0.39, 0.29) is 5.63 Å². The fourth-order valence-corrected chi connectivity index (χ4v) is 3.84. The van der Waals surface area contributed by atoms with Gasteiger partial charge in [0.1, 0.15) is 5.58 Å². The molecule has 0 atom stereocenters. The van der Waals surface area contributed by atoms with Crippen LogP contribution in [0.25, 0.3) is 11.0 Å². The summed E-state index contributed by atoms with van der Waals surface area (Å²) >= 11 is 9.18. The number of halogens is 1. The van der Waals surface area contributed by atoms with Crippen molar-refractivity contribution in [3.8, 4) is 0 Å². The molecule has 0 amide bonds. The first kappa shape index (κ1) is 15.3. The summed E-state index contributed by atoms with van der Waals surface area (Å²) in [4.78, 5) is 11.7. The monoisotopic (exact) mass is 353 g/mol. The van der Waals surface area contributed by atoms with Crippen LogP contribution in [0.3, 0.4) is 0 Å². The van der Waals surface area contributed by atoms with Crippen LogP contribution in [0.5, 0.6) is 0 Å². The highest BCUT2D eigenvalue weighted by atomic mass is 35.5. The number of hydrogen-bond acceptors (Lipinski definition) is 7. The molecule has 0 aliphatic heterocycles. The normalized spacial score (nSPS) is 11.0. The van der Waals surface area contributed by atoms with Gasteiger partial charge in [0.25, 0.3) is 0 Å². The molecule has 8 heteroatoms. The van der Waals surface area contributed by atoms with Gasteiger partial charge in [0.2, 0.25) is 5.13 Å². The summed E-state index contributed by atoms with van der Waals surface area (Å²) in [6.07, 6.45) is 0. The number of hydrogen-bond donors (Lipinski definition) is 1. The smallest absolute Gasteiger partial charge is 0.336 e. The molecule has 0 aliphatic rings. The molecule has 0 saturated heterocycles. The second-order valence-corrected chi connectivity index (χ2v) is 7.21. The third-order valence-corrected chi connectivity index (χ3v) is 5.61. The molecule has 5 nitrogen and oxygen atoms in total. The number of anilines is 1. The minimum Gasteiger partial charge on any atom is -0.423 e. The van der Waals surface area contributed by atoms with Crippen molar-refractivity contribution in [2.24, 2.45) is 0 Å². The molecule has 22 heavy (non-hydrogen) atoms. The summed E-state index contributed by atoms with van der Waals surface area (Å²) in [6.45, 7) is 1.88. The zero-order chi connectivity index (χ0) is 15.7. The topological polar surface area (TPSA) is 68.0 Å². The lowest BCUT2D eigenvalue weighted by atomic mass is 10.1. The van der Waals surface area contributed by atoms with Crippen LogP contribution in [0.1, 0.15) is 11.1 Å². The Labute approximate surface area is 139 Å². The van der Waals surface area contributed by atoms with E-state index in [0.717, 1.165) is 26.0 Å². The largest absolute Gasteiger partial charge is 0.423 e. The van der Waals surface area contributed by atoms with Gasteiger partial charge in [0.05, 0.1) is 0 Å². The SMILES string of the molecule is CNc1nnc(SCc2cc(=O)oc3cc(C)c(Cl)cc23)s1. The van der Waals surface area contributed by atoms with Crippen molar-refractivity contribution in [2.75, 3.05) is 12.4 Å². The van der Waals surface area contributed by atoms with Crippen molar-refractivity contribution in [3.63, 3.8) is 0 Å². The summed E-state index contributed by atoms with van der Waals surface area (Å²) < 4.78 is 6.09. The fraction of sp³-hybridized carbons (Fsp3) is 0.214. The predicted octanol–water partition coefficient (Wildman–Crippen LogP) is 3.94. The Kier molecular flexibility index (Phi) is 4.37. The summed E-state index contributed by atoms with van der Waals surface area (Å²) in [6, 6.07) is 5.13. The molecule has 2 aromatic heterocycles. The fourth-order valence-electron chi connectivity index (χ4n) is 1.98. The third-order valence-electron chi connectivity index (χ3n) is 3.08. The lowest BCUT2D eigenvalue weighted by Gasteiger charge is -2.06. The average Bonchev–Trinajstić information content (AvgIpc) is 2.94. The highest BCUT2D eigenvalue weighted by Crippen LogP contribution is 2.31. The van der Waals surface area contributed by atoms with Crippen LogP contribution in [0.4, 0.5) is 5.13 Å². The highest BCUT2D eigenvalue weighted by molar-refractivity contribution is 8.00. The molecule has 2 heterocycles. The van der Waals surface area contributed by atoms with Gasteiger partial charge in [-0.2, -0.15) is 0 Å². The number of fused-ring (bicyclic) bond motifs is 1. The van der Waals surface area contributed by atoms with Crippen LogP contribution in [-0.2, 0) is 5.75 Å². The van der Waals surface area contributed by atoms with Crippen LogP contribution >= 0.6 is 34.7 Å². The van der Waals surface area contributed by atoms with Gasteiger partial charge in [0, 0.05) is 29.3 Å². The molecule has 3 rings (SSSR count). The van der Waals surface area contributed by atoms with Crippen LogP contribution in [-0.4, -0.2) is 17.2 Å². The number of rotatable bonds is 4. The van der Waals surface area contributed by atoms with E-state index in [1.54, 1.807) is 13.1 Å². The molecular weight excluding hydrogens is 342 g/mol. The first-order chi connectivity index (χ1) is 10.6. The molecule has 0 bridgehead atoms. The van der Waals surface area contributed by atoms with Crippen molar-refractivity contribution < 1.29 is 4.42 Å². The standard InChI is InChI=1S/C14H12ClN3O2S2/c1-7-3-11-9(5-10(7)15)8(4-12(19)20-11)6-21-14-18-17-13(16-2)22-14/h3-5H,6H2,1-2H3,(H,16,17). The molecule has 1 N–H and O–H groups in total. The van der Waals surface area contributed by atoms with Gasteiger partial charge in [-0.15, -0.1) is 10.2 Å². The van der Waals surface area contributed by atoms with Crippen LogP contribution < -0.4 is 10.9 Å². The Hall–Kier alpha value is -1.57. The quantitative estimate of drug-likeness (QED) is 0.566. The number of nitrogens with zero attached hydrogens (tertiary/aromatic N) is 2. The van der Waals surface area contributed by atoms with E-state index < -0.39 is 0 Å². The lowest BCUT2D eigenvalue weighted by molar-refractivity contribution is 0.559. The minimum absolute atomic E-state index is 0.363. The van der Waals surface area contributed by atoms with Crippen molar-refractivity contribution in [2.45, 2.75) is 17.0 Å². The van der Waals surface area contributed by atoms with E-state index in [2.05, 4.69) is 15.5 Å². The van der Waals surface area contributed by atoms with Crippen molar-refractivity contribution >= 4 is 50.8 Å². The van der Waals surface area contributed by atoms with E-state index in [9.17, 15) is 4.79 Å². The molecule has 0 fully saturated rings. The van der Waals surface area contributed by atoms with Crippen molar-refractivity contribution in [3.05, 3.63) is 44.8 Å². The maximum atomic E-state index is 11.7. The number of aromatic nitrogens is 2. The number of nitrogens with one attached hydrogen (secondary N) is 1. The Morgan fingerprint density at radius 2 is 2.18 bits per heavy atom. The molecule has 0 unspecified atom stereocenters. The molecule has 0 saturated carbocycles. The van der Waals surface area contributed by atoms with Gasteiger partial charge >= 0.3 is 5.63 Å². The predicted molar refractivity (Wildman–Crippen MR) is 91.2 cm³/mol. The van der Waals surface area contributed by atoms with Gasteiger partial charge < -0.3 is 9.73 Å². The minimum atomic E-state index is -0.363. The zero-order valence-corrected chi connectivity index (χ0v) is 14.2. The molecule has 1 aromatic carbocycles. The Morgan fingerprint density at radius 1 is 1.36 bits per heavy atom. The first-order valence-corrected chi connectivity index (χ1v) is 8.62. The van der Waals surface area contributed by atoms with E-state index in [1.165, 1.54) is 29.2 Å². The van der Waals surface area contributed by atoms with E-state index >= 15 is 0 Å². The van der Waals surface area contributed by atoms with Gasteiger partial charge in [-0.1, -0.05) is 34.7 Å². The number of thioether (sulfide) groups is 1. The molecule has 114 valence electrons. The zero-order valence-electron chi connectivity index (χ0n) is 11.8. The van der Waals surface area contributed by atoms with Gasteiger partial charge in [-0.05, 0) is 30.2 Å². The average molecular weight is 354 g/mol. The van der Waals surface area contributed by atoms with Gasteiger partial charge in [-0.25, -0.2) is 4.79 Å². The second-order valence-electron chi connectivity index (χ2n) is 4.60. The van der Waals surface area contributed by atoms with E-state index in [0.29, 0.717) is 16.4 Å². The maximum Gasteiger partial charge on any atom is 0.336 e. The summed E-state index contributed by atoms with van der Waals surface area (Å²) in [7, 11) is 1.80. The Bertz CT molecular complexity index is 891. The first-order valence-electron chi connectivity index (χ1n) is 6.44. The molecule has 0 aliphatic carbocycles. The van der Waals surface area contributed by atoms with Crippen LogP contribution in [0.2, 0.25) is 5.02 Å². The second kappa shape index (κ2) is 6.28. The highest BCUT2D eigenvalue weighted by Gasteiger charge is 2.10. The van der Waals surface area contributed by atoms with Crippen LogP contribution in [0.15, 0.2) is 31.8 Å². The Balaban J connectivity index is 1.95. The number of aryl methyl sites for hydroxylation is 1. The van der Waals surface area contributed by atoms with Gasteiger partial charge in [-0.3, -0.25) is 0 Å². The van der Waals surface area contributed by atoms with Crippen molar-refractivity contribution in [1.29, 1.82) is 0 Å². The van der Waals surface area contributed by atoms with Gasteiger partial charge in [0.15, 0.2) is 4.34 Å². The maximum absolute atomic E-state index is 11.7. The summed E-state index contributed by atoms with van der Waals surface area (Å²) in [5.74, 6) is 0.597. The molecular formula is C14H12ClN3O2S2. The summed E-state index contributed by atoms with van der Waals surface area (Å²) in [5, 5.41) is 13.3. The summed E-state index contributed by atoms with van der Waals surface area (Å²) in [5.41, 5.74) is 1.94.